The number of hydrogen-bond donors (Lipinski definition) is 0. The molecule has 0 fully saturated rings. The molecule has 0 saturated heterocycles. The Bertz CT molecular complexity index is 881. The van der Waals surface area contributed by atoms with Crippen molar-refractivity contribution in [3.05, 3.63) is 106 Å². The predicted molar refractivity (Wildman–Crippen MR) is 162 cm³/mol. The molecular formula is C27H39ClN3PSi3Ti. The molecular weight excluding hydrogens is 565 g/mol. The first-order chi connectivity index (χ1) is 16.0. The van der Waals surface area contributed by atoms with Gasteiger partial charge >= 0.3 is 21.7 Å². The van der Waals surface area contributed by atoms with Crippen LogP contribution in [0.25, 0.3) is 14.9 Å². The minimum absolute atomic E-state index is 0. The molecule has 0 aliphatic carbocycles. The fourth-order valence-corrected chi connectivity index (χ4v) is 25.4. The molecule has 0 bridgehead atoms. The molecule has 0 unspecified atom stereocenters. The number of benzene rings is 3. The van der Waals surface area contributed by atoms with Gasteiger partial charge in [-0.1, -0.05) is 148 Å². The average molecular weight is 604 g/mol. The van der Waals surface area contributed by atoms with Gasteiger partial charge in [0.15, 0.2) is 0 Å². The van der Waals surface area contributed by atoms with E-state index in [1.54, 1.807) is 0 Å². The number of rotatable bonds is 12. The monoisotopic (exact) mass is 603 g/mol. The van der Waals surface area contributed by atoms with Gasteiger partial charge < -0.3 is 27.4 Å². The number of halogens is 1. The van der Waals surface area contributed by atoms with Crippen LogP contribution in [0.1, 0.15) is 0 Å². The summed E-state index contributed by atoms with van der Waals surface area (Å²) in [6.07, 6.45) is 0. The van der Waals surface area contributed by atoms with Crippen molar-refractivity contribution in [2.75, 3.05) is 17.4 Å². The van der Waals surface area contributed by atoms with E-state index in [0.29, 0.717) is 0 Å². The Balaban J connectivity index is 0.00000324. The van der Waals surface area contributed by atoms with Crippen molar-refractivity contribution in [3.63, 3.8) is 0 Å². The van der Waals surface area contributed by atoms with Gasteiger partial charge in [0.25, 0.3) is 0 Å². The first-order valence-corrected chi connectivity index (χ1v) is 23.4. The van der Waals surface area contributed by atoms with Crippen molar-refractivity contribution in [2.24, 2.45) is 0 Å². The molecule has 9 heteroatoms. The summed E-state index contributed by atoms with van der Waals surface area (Å²) in [5.41, 5.74) is 3.39. The van der Waals surface area contributed by atoms with E-state index in [4.69, 9.17) is 14.9 Å². The second-order valence-corrected chi connectivity index (χ2v) is 27.6. The Labute approximate surface area is 245 Å². The molecule has 3 rings (SSSR count). The van der Waals surface area contributed by atoms with Gasteiger partial charge in [-0.2, -0.15) is 0 Å². The van der Waals surface area contributed by atoms with Crippen molar-refractivity contribution in [2.45, 2.75) is 39.3 Å². The summed E-state index contributed by atoms with van der Waals surface area (Å²) < 4.78 is 0. The van der Waals surface area contributed by atoms with Crippen molar-refractivity contribution in [1.82, 2.24) is 0 Å². The molecule has 0 atom stereocenters. The van der Waals surface area contributed by atoms with E-state index in [2.05, 4.69) is 130 Å². The summed E-state index contributed by atoms with van der Waals surface area (Å²) in [5.74, 6) is 3.75. The zero-order chi connectivity index (χ0) is 24.7. The van der Waals surface area contributed by atoms with Gasteiger partial charge in [0.2, 0.25) is 0 Å². The van der Waals surface area contributed by atoms with Gasteiger partial charge in [-0.05, 0) is 24.7 Å². The zero-order valence-corrected chi connectivity index (χ0v) is 28.7. The van der Waals surface area contributed by atoms with Crippen LogP contribution in [-0.4, -0.2) is 42.1 Å². The number of hydrogen-bond acceptors (Lipinski definition) is 0. The van der Waals surface area contributed by atoms with E-state index >= 15 is 0 Å². The molecule has 0 aliphatic rings. The topological polar surface area (TPSA) is 42.3 Å². The van der Waals surface area contributed by atoms with Crippen LogP contribution in [0.2, 0.25) is 39.3 Å². The third-order valence-corrected chi connectivity index (χ3v) is 22.6. The van der Waals surface area contributed by atoms with E-state index in [1.807, 2.05) is 0 Å². The van der Waals surface area contributed by atoms with Crippen molar-refractivity contribution in [3.8, 4) is 0 Å². The van der Waals surface area contributed by atoms with Crippen LogP contribution in [0.4, 0.5) is 17.1 Å². The molecule has 36 heavy (non-hydrogen) atoms. The first kappa shape index (κ1) is 33.2. The molecule has 3 nitrogen and oxygen atoms in total. The maximum absolute atomic E-state index is 5.28. The van der Waals surface area contributed by atoms with Crippen LogP contribution in [0.5, 0.6) is 0 Å². The number of nitrogens with zero attached hydrogens (tertiary/aromatic N) is 3. The van der Waals surface area contributed by atoms with Gasteiger partial charge in [-0.15, -0.1) is 25.0 Å². The molecule has 0 amide bonds. The van der Waals surface area contributed by atoms with E-state index < -0.39 is 24.7 Å². The quantitative estimate of drug-likeness (QED) is 0.161. The van der Waals surface area contributed by atoms with Crippen LogP contribution in [-0.2, 0) is 21.7 Å². The molecule has 0 heterocycles. The standard InChI is InChI=1S/C27H39N3PSi3.ClH.Ti/c1-32(2,28-25-16-10-7-11-17-25)22-31(23-33(3,4)29-26-18-12-8-13-19-26)24-34(5,6)30-27-20-14-9-15-21-27;;/h7-21H,22-24H2,1-6H3;1H;/q-3;;+4/p-1. The summed E-state index contributed by atoms with van der Waals surface area (Å²) in [4.78, 5) is 15.9. The largest absolute Gasteiger partial charge is 4.00 e. The van der Waals surface area contributed by atoms with Gasteiger partial charge in [0.1, 0.15) is 0 Å². The fourth-order valence-electron chi connectivity index (χ4n) is 4.47. The van der Waals surface area contributed by atoms with Crippen molar-refractivity contribution < 1.29 is 34.1 Å². The molecule has 3 aromatic carbocycles. The van der Waals surface area contributed by atoms with Gasteiger partial charge in [-0.3, -0.25) is 0 Å². The SMILES string of the molecule is C[Si](C)(CP(C[Si](C)(C)[N-]c1ccccc1)C[Si](C)(C)[N-]c1ccccc1)[N-]c1ccccc1.[Cl-].[Ti+4]. The third-order valence-electron chi connectivity index (χ3n) is 5.40. The smallest absolute Gasteiger partial charge is 1.00 e. The zero-order valence-electron chi connectivity index (χ0n) is 22.4. The third kappa shape index (κ3) is 12.1. The normalized spacial score (nSPS) is 11.8. The minimum Gasteiger partial charge on any atom is -1.00 e. The van der Waals surface area contributed by atoms with E-state index in [-0.39, 0.29) is 42.0 Å². The average Bonchev–Trinajstić information content (AvgIpc) is 2.73. The maximum Gasteiger partial charge on any atom is 4.00 e. The summed E-state index contributed by atoms with van der Waals surface area (Å²) in [7, 11) is -5.54. The fraction of sp³-hybridized carbons (Fsp3) is 0.333. The molecule has 3 aromatic rings. The summed E-state index contributed by atoms with van der Waals surface area (Å²) in [6.45, 7) is 14.6. The Morgan fingerprint density at radius 2 is 0.694 bits per heavy atom. The molecule has 0 aromatic heterocycles. The first-order valence-electron chi connectivity index (χ1n) is 12.1. The van der Waals surface area contributed by atoms with Gasteiger partial charge in [0.05, 0.1) is 0 Å². The molecule has 0 spiro atoms. The second kappa shape index (κ2) is 14.9. The molecule has 0 saturated carbocycles. The van der Waals surface area contributed by atoms with E-state index in [1.165, 1.54) is 17.4 Å². The van der Waals surface area contributed by atoms with E-state index in [0.717, 1.165) is 17.1 Å². The van der Waals surface area contributed by atoms with Gasteiger partial charge in [-0.25, -0.2) is 0 Å². The van der Waals surface area contributed by atoms with Crippen LogP contribution >= 0.6 is 7.92 Å². The predicted octanol–water partition coefficient (Wildman–Crippen LogP) is 6.82. The van der Waals surface area contributed by atoms with Crippen molar-refractivity contribution in [1.29, 1.82) is 0 Å². The van der Waals surface area contributed by atoms with Crippen LogP contribution < -0.4 is 12.4 Å². The minimum atomic E-state index is -1.78. The van der Waals surface area contributed by atoms with Crippen LogP contribution in [0.3, 0.4) is 0 Å². The van der Waals surface area contributed by atoms with Crippen LogP contribution in [0, 0.1) is 0 Å². The molecule has 0 N–H and O–H groups in total. The second-order valence-electron chi connectivity index (χ2n) is 10.9. The Morgan fingerprint density at radius 3 is 0.917 bits per heavy atom. The molecule has 0 radical (unpaired) electrons. The Hall–Kier alpha value is -0.855. The molecule has 0 aliphatic heterocycles. The van der Waals surface area contributed by atoms with Crippen molar-refractivity contribution >= 4 is 49.7 Å². The van der Waals surface area contributed by atoms with Gasteiger partial charge in [0, 0.05) is 0 Å². The summed E-state index contributed by atoms with van der Waals surface area (Å²) in [6, 6.07) is 31.6. The Kier molecular flexibility index (Phi) is 13.7. The maximum atomic E-state index is 5.28. The molecule has 190 valence electrons. The van der Waals surface area contributed by atoms with E-state index in [9.17, 15) is 0 Å². The Morgan fingerprint density at radius 1 is 0.472 bits per heavy atom. The summed E-state index contributed by atoms with van der Waals surface area (Å²) >= 11 is 0. The van der Waals surface area contributed by atoms with Crippen LogP contribution in [0.15, 0.2) is 91.0 Å². The summed E-state index contributed by atoms with van der Waals surface area (Å²) in [5, 5.41) is 0.